The average Bonchev–Trinajstić information content (AvgIpc) is 3.02. The molecule has 0 aliphatic rings. The summed E-state index contributed by atoms with van der Waals surface area (Å²) in [6.45, 7) is 6.13. The molecule has 4 heterocycles. The quantitative estimate of drug-likeness (QED) is 0.494. The van der Waals surface area contributed by atoms with E-state index in [4.69, 9.17) is 0 Å². The Bertz CT molecular complexity index is 1180. The zero-order chi connectivity index (χ0) is 21.1. The molecule has 4 aromatic rings. The van der Waals surface area contributed by atoms with E-state index in [1.807, 2.05) is 45.0 Å². The van der Waals surface area contributed by atoms with Gasteiger partial charge in [-0.3, -0.25) is 19.4 Å². The predicted molar refractivity (Wildman–Crippen MR) is 114 cm³/mol. The standard InChI is InChI=1S/C23H22N6O/c1-15-11-18(7-10-24-15)22-16(2)28-29(17(22)3)14-21(30)12-20-6-5-19(13-27-20)23-25-8-4-9-26-23/h4-11,13H,12,14H2,1-3H3. The van der Waals surface area contributed by atoms with Crippen molar-refractivity contribution in [2.45, 2.75) is 33.7 Å². The maximum absolute atomic E-state index is 12.7. The zero-order valence-electron chi connectivity index (χ0n) is 17.2. The first-order valence-electron chi connectivity index (χ1n) is 9.72. The first-order chi connectivity index (χ1) is 14.5. The third-order valence-corrected chi connectivity index (χ3v) is 4.92. The number of aryl methyl sites for hydroxylation is 2. The molecule has 0 radical (unpaired) electrons. The summed E-state index contributed by atoms with van der Waals surface area (Å²) in [5, 5.41) is 4.59. The summed E-state index contributed by atoms with van der Waals surface area (Å²) in [5.41, 5.74) is 6.47. The van der Waals surface area contributed by atoms with Gasteiger partial charge in [0.1, 0.15) is 6.54 Å². The summed E-state index contributed by atoms with van der Waals surface area (Å²) in [7, 11) is 0. The van der Waals surface area contributed by atoms with Gasteiger partial charge in [0.25, 0.3) is 0 Å². The van der Waals surface area contributed by atoms with Crippen LogP contribution in [0.2, 0.25) is 0 Å². The lowest BCUT2D eigenvalue weighted by molar-refractivity contribution is -0.119. The third-order valence-electron chi connectivity index (χ3n) is 4.92. The molecule has 30 heavy (non-hydrogen) atoms. The summed E-state index contributed by atoms with van der Waals surface area (Å²) in [5.74, 6) is 0.665. The molecule has 0 bridgehead atoms. The maximum atomic E-state index is 12.7. The van der Waals surface area contributed by atoms with Gasteiger partial charge >= 0.3 is 0 Å². The minimum Gasteiger partial charge on any atom is -0.297 e. The van der Waals surface area contributed by atoms with Crippen LogP contribution >= 0.6 is 0 Å². The fourth-order valence-electron chi connectivity index (χ4n) is 3.50. The van der Waals surface area contributed by atoms with Gasteiger partial charge in [-0.2, -0.15) is 5.10 Å². The highest BCUT2D eigenvalue weighted by Crippen LogP contribution is 2.27. The van der Waals surface area contributed by atoms with Crippen LogP contribution in [0.4, 0.5) is 0 Å². The summed E-state index contributed by atoms with van der Waals surface area (Å²) in [6, 6.07) is 9.50. The highest BCUT2D eigenvalue weighted by atomic mass is 16.1. The van der Waals surface area contributed by atoms with Crippen molar-refractivity contribution in [3.63, 3.8) is 0 Å². The summed E-state index contributed by atoms with van der Waals surface area (Å²) >= 11 is 0. The molecule has 0 amide bonds. The number of ketones is 1. The van der Waals surface area contributed by atoms with Crippen LogP contribution in [0.5, 0.6) is 0 Å². The fourth-order valence-corrected chi connectivity index (χ4v) is 3.50. The molecular formula is C23H22N6O. The minimum atomic E-state index is 0.0503. The van der Waals surface area contributed by atoms with Crippen LogP contribution in [0.15, 0.2) is 55.1 Å². The van der Waals surface area contributed by atoms with Gasteiger partial charge in [0, 0.05) is 53.0 Å². The number of pyridine rings is 2. The van der Waals surface area contributed by atoms with E-state index in [-0.39, 0.29) is 18.7 Å². The lowest BCUT2D eigenvalue weighted by atomic mass is 10.0. The summed E-state index contributed by atoms with van der Waals surface area (Å²) < 4.78 is 1.77. The Kier molecular flexibility index (Phi) is 5.43. The van der Waals surface area contributed by atoms with Crippen molar-refractivity contribution in [2.75, 3.05) is 0 Å². The summed E-state index contributed by atoms with van der Waals surface area (Å²) in [6.07, 6.45) is 7.12. The molecule has 0 saturated heterocycles. The van der Waals surface area contributed by atoms with E-state index in [9.17, 15) is 4.79 Å². The molecule has 0 aromatic carbocycles. The lowest BCUT2D eigenvalue weighted by Crippen LogP contribution is -2.15. The highest BCUT2D eigenvalue weighted by Gasteiger charge is 2.16. The molecule has 0 aliphatic carbocycles. The molecule has 0 aliphatic heterocycles. The number of aromatic nitrogens is 6. The van der Waals surface area contributed by atoms with Gasteiger partial charge in [-0.1, -0.05) is 0 Å². The van der Waals surface area contributed by atoms with Gasteiger partial charge in [-0.25, -0.2) is 9.97 Å². The number of rotatable bonds is 6. The van der Waals surface area contributed by atoms with E-state index >= 15 is 0 Å². The van der Waals surface area contributed by atoms with E-state index in [2.05, 4.69) is 25.0 Å². The largest absolute Gasteiger partial charge is 0.297 e. The van der Waals surface area contributed by atoms with Crippen LogP contribution in [0.25, 0.3) is 22.5 Å². The Labute approximate surface area is 174 Å². The highest BCUT2D eigenvalue weighted by molar-refractivity contribution is 5.81. The average molecular weight is 398 g/mol. The van der Waals surface area contributed by atoms with Crippen LogP contribution < -0.4 is 0 Å². The Morgan fingerprint density at radius 3 is 2.43 bits per heavy atom. The Balaban J connectivity index is 1.48. The molecule has 150 valence electrons. The van der Waals surface area contributed by atoms with E-state index in [1.54, 1.807) is 35.5 Å². The molecule has 0 atom stereocenters. The Morgan fingerprint density at radius 1 is 0.933 bits per heavy atom. The minimum absolute atomic E-state index is 0.0503. The van der Waals surface area contributed by atoms with E-state index in [1.165, 1.54) is 0 Å². The van der Waals surface area contributed by atoms with Crippen molar-refractivity contribution in [3.05, 3.63) is 77.9 Å². The van der Waals surface area contributed by atoms with E-state index < -0.39 is 0 Å². The van der Waals surface area contributed by atoms with E-state index in [0.29, 0.717) is 11.5 Å². The second-order valence-electron chi connectivity index (χ2n) is 7.22. The molecule has 0 fully saturated rings. The van der Waals surface area contributed by atoms with E-state index in [0.717, 1.165) is 33.8 Å². The van der Waals surface area contributed by atoms with Gasteiger partial charge in [-0.15, -0.1) is 0 Å². The van der Waals surface area contributed by atoms with Crippen LogP contribution in [-0.4, -0.2) is 35.5 Å². The topological polar surface area (TPSA) is 86.5 Å². The van der Waals surface area contributed by atoms with Crippen molar-refractivity contribution in [1.29, 1.82) is 0 Å². The second kappa shape index (κ2) is 8.32. The number of carbonyl (C=O) groups excluding carboxylic acids is 1. The normalized spacial score (nSPS) is 10.9. The van der Waals surface area contributed by atoms with Crippen molar-refractivity contribution in [3.8, 4) is 22.5 Å². The van der Waals surface area contributed by atoms with Crippen molar-refractivity contribution in [2.24, 2.45) is 0 Å². The van der Waals surface area contributed by atoms with Gasteiger partial charge in [0.15, 0.2) is 11.6 Å². The first-order valence-corrected chi connectivity index (χ1v) is 9.72. The van der Waals surface area contributed by atoms with Gasteiger partial charge < -0.3 is 0 Å². The third kappa shape index (κ3) is 4.15. The smallest absolute Gasteiger partial charge is 0.160 e. The maximum Gasteiger partial charge on any atom is 0.160 e. The van der Waals surface area contributed by atoms with Crippen molar-refractivity contribution >= 4 is 5.78 Å². The summed E-state index contributed by atoms with van der Waals surface area (Å²) in [4.78, 5) is 29.7. The Hall–Kier alpha value is -3.74. The predicted octanol–water partition coefficient (Wildman–Crippen LogP) is 3.53. The Morgan fingerprint density at radius 2 is 1.73 bits per heavy atom. The molecule has 0 N–H and O–H groups in total. The lowest BCUT2D eigenvalue weighted by Gasteiger charge is -2.06. The molecule has 0 spiro atoms. The van der Waals surface area contributed by atoms with Crippen LogP contribution in [0.3, 0.4) is 0 Å². The van der Waals surface area contributed by atoms with Gasteiger partial charge in [-0.05, 0) is 56.7 Å². The van der Waals surface area contributed by atoms with Crippen LogP contribution in [-0.2, 0) is 17.8 Å². The number of Topliss-reactive ketones (excluding diaryl/α,β-unsaturated/α-hetero) is 1. The van der Waals surface area contributed by atoms with Gasteiger partial charge in [0.05, 0.1) is 12.1 Å². The fraction of sp³-hybridized carbons (Fsp3) is 0.217. The number of hydrogen-bond acceptors (Lipinski definition) is 6. The first kappa shape index (κ1) is 19.6. The molecular weight excluding hydrogens is 376 g/mol. The van der Waals surface area contributed by atoms with Crippen molar-refractivity contribution < 1.29 is 4.79 Å². The molecule has 4 rings (SSSR count). The van der Waals surface area contributed by atoms with Crippen LogP contribution in [0, 0.1) is 20.8 Å². The SMILES string of the molecule is Cc1cc(-c2c(C)nn(CC(=O)Cc3ccc(-c4ncccn4)cn3)c2C)ccn1. The molecule has 0 saturated carbocycles. The monoisotopic (exact) mass is 398 g/mol. The number of nitrogens with zero attached hydrogens (tertiary/aromatic N) is 6. The van der Waals surface area contributed by atoms with Gasteiger partial charge in [0.2, 0.25) is 0 Å². The van der Waals surface area contributed by atoms with Crippen molar-refractivity contribution in [1.82, 2.24) is 29.7 Å². The molecule has 4 aromatic heterocycles. The zero-order valence-corrected chi connectivity index (χ0v) is 17.2. The molecule has 7 heteroatoms. The molecule has 0 unspecified atom stereocenters. The van der Waals surface area contributed by atoms with Crippen LogP contribution in [0.1, 0.15) is 22.8 Å². The number of hydrogen-bond donors (Lipinski definition) is 0. The number of carbonyl (C=O) groups is 1. The second-order valence-corrected chi connectivity index (χ2v) is 7.22. The molecule has 7 nitrogen and oxygen atoms in total.